The molecule has 0 aromatic carbocycles. The van der Waals surface area contributed by atoms with Crippen molar-refractivity contribution in [3.05, 3.63) is 11.3 Å². The molecule has 2 heterocycles. The molecule has 0 unspecified atom stereocenters. The van der Waals surface area contributed by atoms with E-state index in [1.54, 1.807) is 11.8 Å². The summed E-state index contributed by atoms with van der Waals surface area (Å²) in [4.78, 5) is 13.2. The van der Waals surface area contributed by atoms with Crippen LogP contribution in [0, 0.1) is 0 Å². The summed E-state index contributed by atoms with van der Waals surface area (Å²) in [5, 5.41) is 0. The summed E-state index contributed by atoms with van der Waals surface area (Å²) in [5.74, 6) is 0. The van der Waals surface area contributed by atoms with Gasteiger partial charge in [0.25, 0.3) is 0 Å². The lowest BCUT2D eigenvalue weighted by Crippen LogP contribution is -2.41. The molecule has 0 spiro atoms. The Bertz CT molecular complexity index is 452. The molecular formula is C15H25BFNO4. The van der Waals surface area contributed by atoms with Gasteiger partial charge in [0.15, 0.2) is 0 Å². The van der Waals surface area contributed by atoms with Crippen molar-refractivity contribution in [1.82, 2.24) is 4.90 Å². The molecule has 0 aromatic rings. The van der Waals surface area contributed by atoms with Crippen molar-refractivity contribution in [2.45, 2.75) is 58.7 Å². The number of carbonyl (C=O) groups is 1. The van der Waals surface area contributed by atoms with Gasteiger partial charge in [0, 0.05) is 13.1 Å². The molecule has 0 aromatic heterocycles. The van der Waals surface area contributed by atoms with Gasteiger partial charge in [-0.2, -0.15) is 0 Å². The van der Waals surface area contributed by atoms with Crippen molar-refractivity contribution < 1.29 is 23.2 Å². The standard InChI is InChI=1S/C15H25BFNO4/c1-6-20-13(19)18-9-7-11(8-10-18)12(17)16-21-14(2,3)15(4,5)22-16/h6-10H2,1-5H3. The zero-order valence-corrected chi connectivity index (χ0v) is 14.1. The first kappa shape index (κ1) is 17.3. The van der Waals surface area contributed by atoms with Crippen molar-refractivity contribution in [2.75, 3.05) is 19.7 Å². The monoisotopic (exact) mass is 313 g/mol. The third-order valence-electron chi connectivity index (χ3n) is 4.69. The molecule has 124 valence electrons. The van der Waals surface area contributed by atoms with Crippen molar-refractivity contribution >= 4 is 13.2 Å². The molecule has 0 atom stereocenters. The number of nitrogens with zero attached hydrogens (tertiary/aromatic N) is 1. The van der Waals surface area contributed by atoms with Crippen LogP contribution in [-0.2, 0) is 14.0 Å². The number of hydrogen-bond acceptors (Lipinski definition) is 4. The average molecular weight is 313 g/mol. The molecule has 0 saturated carbocycles. The fourth-order valence-electron chi connectivity index (χ4n) is 2.53. The fourth-order valence-corrected chi connectivity index (χ4v) is 2.53. The van der Waals surface area contributed by atoms with Crippen molar-refractivity contribution in [3.63, 3.8) is 0 Å². The number of piperidine rings is 1. The number of likely N-dealkylation sites (tertiary alicyclic amines) is 1. The molecule has 7 heteroatoms. The lowest BCUT2D eigenvalue weighted by atomic mass is 9.82. The van der Waals surface area contributed by atoms with Crippen molar-refractivity contribution in [1.29, 1.82) is 0 Å². The van der Waals surface area contributed by atoms with Crippen LogP contribution in [0.3, 0.4) is 0 Å². The van der Waals surface area contributed by atoms with E-state index in [0.29, 0.717) is 38.1 Å². The van der Waals surface area contributed by atoms with Gasteiger partial charge in [0.2, 0.25) is 0 Å². The third-order valence-corrected chi connectivity index (χ3v) is 4.69. The van der Waals surface area contributed by atoms with Crippen molar-refractivity contribution in [2.24, 2.45) is 0 Å². The zero-order valence-electron chi connectivity index (χ0n) is 14.1. The molecule has 0 N–H and O–H groups in total. The summed E-state index contributed by atoms with van der Waals surface area (Å²) in [6.07, 6.45) is 0.626. The number of rotatable bonds is 2. The highest BCUT2D eigenvalue weighted by molar-refractivity contribution is 6.53. The minimum atomic E-state index is -0.950. The second-order valence-electron chi connectivity index (χ2n) is 6.73. The zero-order chi connectivity index (χ0) is 16.5. The van der Waals surface area contributed by atoms with Crippen molar-refractivity contribution in [3.8, 4) is 0 Å². The molecular weight excluding hydrogens is 288 g/mol. The number of halogens is 1. The van der Waals surface area contributed by atoms with Gasteiger partial charge in [0.05, 0.1) is 17.8 Å². The van der Waals surface area contributed by atoms with Crippen LogP contribution in [0.25, 0.3) is 0 Å². The largest absolute Gasteiger partial charge is 0.525 e. The van der Waals surface area contributed by atoms with E-state index < -0.39 is 18.3 Å². The Morgan fingerprint density at radius 2 is 1.73 bits per heavy atom. The Morgan fingerprint density at radius 1 is 1.23 bits per heavy atom. The highest BCUT2D eigenvalue weighted by atomic mass is 19.1. The van der Waals surface area contributed by atoms with E-state index in [1.165, 1.54) is 0 Å². The second-order valence-corrected chi connectivity index (χ2v) is 6.73. The molecule has 22 heavy (non-hydrogen) atoms. The number of ether oxygens (including phenoxy) is 1. The normalized spacial score (nSPS) is 23.6. The Balaban J connectivity index is 2.00. The fraction of sp³-hybridized carbons (Fsp3) is 0.800. The number of hydrogen-bond donors (Lipinski definition) is 0. The minimum absolute atomic E-state index is 0.336. The van der Waals surface area contributed by atoms with E-state index in [0.717, 1.165) is 0 Å². The topological polar surface area (TPSA) is 48.0 Å². The van der Waals surface area contributed by atoms with Gasteiger partial charge in [-0.3, -0.25) is 0 Å². The van der Waals surface area contributed by atoms with Gasteiger partial charge in [0.1, 0.15) is 5.73 Å². The highest BCUT2D eigenvalue weighted by Gasteiger charge is 2.53. The molecule has 2 aliphatic rings. The van der Waals surface area contributed by atoms with E-state index in [1.807, 2.05) is 27.7 Å². The Hall–Kier alpha value is -1.08. The van der Waals surface area contributed by atoms with Crippen LogP contribution in [0.5, 0.6) is 0 Å². The first-order valence-corrected chi connectivity index (χ1v) is 7.82. The molecule has 5 nitrogen and oxygen atoms in total. The van der Waals surface area contributed by atoms with E-state index in [9.17, 15) is 9.18 Å². The number of amides is 1. The SMILES string of the molecule is CCOC(=O)N1CCC(=C(F)B2OC(C)(C)C(C)(C)O2)CC1. The maximum absolute atomic E-state index is 14.7. The summed E-state index contributed by atoms with van der Waals surface area (Å²) < 4.78 is 31.1. The quantitative estimate of drug-likeness (QED) is 0.735. The average Bonchev–Trinajstić information content (AvgIpc) is 2.67. The van der Waals surface area contributed by atoms with E-state index in [-0.39, 0.29) is 11.8 Å². The maximum Gasteiger partial charge on any atom is 0.525 e. The highest BCUT2D eigenvalue weighted by Crippen LogP contribution is 2.40. The summed E-state index contributed by atoms with van der Waals surface area (Å²) in [5.41, 5.74) is -0.788. The van der Waals surface area contributed by atoms with Crippen LogP contribution in [0.1, 0.15) is 47.5 Å². The molecule has 2 aliphatic heterocycles. The predicted molar refractivity (Wildman–Crippen MR) is 82.0 cm³/mol. The van der Waals surface area contributed by atoms with E-state index >= 15 is 0 Å². The Kier molecular flexibility index (Phi) is 4.87. The Morgan fingerprint density at radius 3 is 2.18 bits per heavy atom. The smallest absolute Gasteiger partial charge is 0.450 e. The van der Waals surface area contributed by atoms with Crippen LogP contribution in [-0.4, -0.2) is 49.0 Å². The number of carbonyl (C=O) groups excluding carboxylic acids is 1. The molecule has 2 saturated heterocycles. The third kappa shape index (κ3) is 3.30. The van der Waals surface area contributed by atoms with E-state index in [2.05, 4.69) is 0 Å². The summed E-state index contributed by atoms with van der Waals surface area (Å²) in [6.45, 7) is 10.6. The summed E-state index contributed by atoms with van der Waals surface area (Å²) in [7, 11) is -0.950. The predicted octanol–water partition coefficient (Wildman–Crippen LogP) is 3.09. The molecule has 0 aliphatic carbocycles. The van der Waals surface area contributed by atoms with Crippen LogP contribution >= 0.6 is 0 Å². The van der Waals surface area contributed by atoms with Crippen LogP contribution in [0.2, 0.25) is 0 Å². The first-order chi connectivity index (χ1) is 10.2. The lowest BCUT2D eigenvalue weighted by Gasteiger charge is -2.32. The minimum Gasteiger partial charge on any atom is -0.450 e. The second kappa shape index (κ2) is 6.20. The van der Waals surface area contributed by atoms with Gasteiger partial charge in [-0.1, -0.05) is 0 Å². The van der Waals surface area contributed by atoms with Crippen LogP contribution in [0.15, 0.2) is 11.3 Å². The molecule has 0 radical (unpaired) electrons. The van der Waals surface area contributed by atoms with Crippen LogP contribution < -0.4 is 0 Å². The van der Waals surface area contributed by atoms with Gasteiger partial charge in [-0.05, 0) is 53.0 Å². The van der Waals surface area contributed by atoms with Gasteiger partial charge >= 0.3 is 13.2 Å². The van der Waals surface area contributed by atoms with Crippen LogP contribution in [0.4, 0.5) is 9.18 Å². The first-order valence-electron chi connectivity index (χ1n) is 7.82. The summed E-state index contributed by atoms with van der Waals surface area (Å²) in [6, 6.07) is 0. The van der Waals surface area contributed by atoms with E-state index in [4.69, 9.17) is 14.0 Å². The molecule has 1 amide bonds. The molecule has 2 fully saturated rings. The van der Waals surface area contributed by atoms with Gasteiger partial charge in [-0.25, -0.2) is 9.18 Å². The lowest BCUT2D eigenvalue weighted by molar-refractivity contribution is 0.00578. The molecule has 0 bridgehead atoms. The van der Waals surface area contributed by atoms with Gasteiger partial charge < -0.3 is 18.9 Å². The Labute approximate surface area is 131 Å². The maximum atomic E-state index is 14.7. The molecule has 2 rings (SSSR count). The summed E-state index contributed by atoms with van der Waals surface area (Å²) >= 11 is 0. The van der Waals surface area contributed by atoms with Gasteiger partial charge in [-0.15, -0.1) is 0 Å².